The van der Waals surface area contributed by atoms with Gasteiger partial charge in [0.1, 0.15) is 11.5 Å². The lowest BCUT2D eigenvalue weighted by Gasteiger charge is -2.14. The molecule has 19 heavy (non-hydrogen) atoms. The predicted octanol–water partition coefficient (Wildman–Crippen LogP) is 2.49. The minimum atomic E-state index is -0.588. The van der Waals surface area contributed by atoms with Crippen LogP contribution in [0.4, 0.5) is 15.8 Å². The average molecular weight is 267 g/mol. The first-order valence-electron chi connectivity index (χ1n) is 6.50. The number of rotatable bonds is 5. The second kappa shape index (κ2) is 5.97. The van der Waals surface area contributed by atoms with E-state index >= 15 is 0 Å². The first kappa shape index (κ1) is 13.7. The molecule has 0 aliphatic carbocycles. The SMILES string of the molecule is CCN1CCC(CNc2ccc(F)cc2[N+](=O)[O-])C1. The van der Waals surface area contributed by atoms with Gasteiger partial charge in [0.15, 0.2) is 0 Å². The fourth-order valence-electron chi connectivity index (χ4n) is 2.43. The number of hydrogen-bond acceptors (Lipinski definition) is 4. The Kier molecular flexibility index (Phi) is 4.31. The summed E-state index contributed by atoms with van der Waals surface area (Å²) in [5.41, 5.74) is 0.187. The largest absolute Gasteiger partial charge is 0.379 e. The van der Waals surface area contributed by atoms with E-state index in [0.717, 1.165) is 32.1 Å². The van der Waals surface area contributed by atoms with Gasteiger partial charge in [-0.2, -0.15) is 0 Å². The van der Waals surface area contributed by atoms with Gasteiger partial charge in [-0.15, -0.1) is 0 Å². The molecule has 5 nitrogen and oxygen atoms in total. The molecular formula is C13H18FN3O2. The molecule has 1 aliphatic heterocycles. The van der Waals surface area contributed by atoms with Crippen molar-refractivity contribution in [1.82, 2.24) is 4.90 Å². The first-order chi connectivity index (χ1) is 9.10. The zero-order chi connectivity index (χ0) is 13.8. The highest BCUT2D eigenvalue weighted by molar-refractivity contribution is 5.61. The number of likely N-dealkylation sites (tertiary alicyclic amines) is 1. The van der Waals surface area contributed by atoms with Crippen molar-refractivity contribution < 1.29 is 9.31 Å². The van der Waals surface area contributed by atoms with Crippen molar-refractivity contribution >= 4 is 11.4 Å². The number of halogens is 1. The van der Waals surface area contributed by atoms with Gasteiger partial charge in [-0.25, -0.2) is 4.39 Å². The molecule has 0 bridgehead atoms. The van der Waals surface area contributed by atoms with Crippen LogP contribution in [0, 0.1) is 21.8 Å². The van der Waals surface area contributed by atoms with Gasteiger partial charge < -0.3 is 10.2 Å². The van der Waals surface area contributed by atoms with Crippen LogP contribution in [0.1, 0.15) is 13.3 Å². The quantitative estimate of drug-likeness (QED) is 0.657. The standard InChI is InChI=1S/C13H18FN3O2/c1-2-16-6-5-10(9-16)8-15-12-4-3-11(14)7-13(12)17(18)19/h3-4,7,10,15H,2,5-6,8-9H2,1H3. The molecule has 1 N–H and O–H groups in total. The summed E-state index contributed by atoms with van der Waals surface area (Å²) < 4.78 is 13.0. The van der Waals surface area contributed by atoms with Gasteiger partial charge in [0.2, 0.25) is 0 Å². The number of nitrogens with zero attached hydrogens (tertiary/aromatic N) is 2. The zero-order valence-electron chi connectivity index (χ0n) is 10.9. The Labute approximate surface area is 111 Å². The van der Waals surface area contributed by atoms with Crippen molar-refractivity contribution in [2.45, 2.75) is 13.3 Å². The Morgan fingerprint density at radius 3 is 3.00 bits per heavy atom. The number of nitrogens with one attached hydrogen (secondary N) is 1. The Bertz CT molecular complexity index is 467. The summed E-state index contributed by atoms with van der Waals surface area (Å²) in [6.07, 6.45) is 1.09. The monoisotopic (exact) mass is 267 g/mol. The molecule has 1 unspecified atom stereocenters. The van der Waals surface area contributed by atoms with Gasteiger partial charge in [0.05, 0.1) is 11.0 Å². The molecule has 1 aliphatic rings. The molecule has 104 valence electrons. The summed E-state index contributed by atoms with van der Waals surface area (Å²) in [5.74, 6) is -0.0973. The summed E-state index contributed by atoms with van der Waals surface area (Å²) in [4.78, 5) is 12.7. The van der Waals surface area contributed by atoms with Crippen LogP contribution in [0.15, 0.2) is 18.2 Å². The molecule has 6 heteroatoms. The fourth-order valence-corrected chi connectivity index (χ4v) is 2.43. The summed E-state index contributed by atoms with van der Waals surface area (Å²) >= 11 is 0. The molecule has 1 saturated heterocycles. The predicted molar refractivity (Wildman–Crippen MR) is 71.8 cm³/mol. The van der Waals surface area contributed by atoms with E-state index in [0.29, 0.717) is 18.2 Å². The highest BCUT2D eigenvalue weighted by Crippen LogP contribution is 2.26. The molecule has 0 saturated carbocycles. The summed E-state index contributed by atoms with van der Waals surface area (Å²) in [6.45, 7) is 5.93. The Morgan fingerprint density at radius 1 is 1.58 bits per heavy atom. The third-order valence-corrected chi connectivity index (χ3v) is 3.55. The molecule has 1 aromatic rings. The maximum absolute atomic E-state index is 13.0. The lowest BCUT2D eigenvalue weighted by Crippen LogP contribution is -2.22. The average Bonchev–Trinajstić information content (AvgIpc) is 2.85. The molecule has 1 atom stereocenters. The molecule has 0 amide bonds. The third kappa shape index (κ3) is 3.41. The normalized spacial score (nSPS) is 19.6. The smallest absolute Gasteiger partial charge is 0.295 e. The number of benzene rings is 1. The second-order valence-electron chi connectivity index (χ2n) is 4.85. The second-order valence-corrected chi connectivity index (χ2v) is 4.85. The molecule has 0 spiro atoms. The van der Waals surface area contributed by atoms with Crippen LogP contribution in [0.5, 0.6) is 0 Å². The third-order valence-electron chi connectivity index (χ3n) is 3.55. The van der Waals surface area contributed by atoms with Gasteiger partial charge in [0, 0.05) is 13.1 Å². The molecule has 2 rings (SSSR count). The van der Waals surface area contributed by atoms with Crippen LogP contribution in [0.25, 0.3) is 0 Å². The topological polar surface area (TPSA) is 58.4 Å². The lowest BCUT2D eigenvalue weighted by atomic mass is 10.1. The van der Waals surface area contributed by atoms with E-state index in [9.17, 15) is 14.5 Å². The maximum Gasteiger partial charge on any atom is 0.295 e. The Hall–Kier alpha value is -1.69. The Morgan fingerprint density at radius 2 is 2.37 bits per heavy atom. The van der Waals surface area contributed by atoms with Gasteiger partial charge in [-0.3, -0.25) is 10.1 Å². The summed E-state index contributed by atoms with van der Waals surface area (Å²) in [6, 6.07) is 3.62. The number of nitro benzene ring substituents is 1. The van der Waals surface area contributed by atoms with Gasteiger partial charge in [-0.1, -0.05) is 6.92 Å². The molecule has 0 aromatic heterocycles. The number of hydrogen-bond donors (Lipinski definition) is 1. The molecular weight excluding hydrogens is 249 g/mol. The highest BCUT2D eigenvalue weighted by Gasteiger charge is 2.22. The molecule has 1 heterocycles. The van der Waals surface area contributed by atoms with E-state index in [2.05, 4.69) is 17.1 Å². The van der Waals surface area contributed by atoms with Crippen molar-refractivity contribution in [3.8, 4) is 0 Å². The molecule has 1 aromatic carbocycles. The van der Waals surface area contributed by atoms with E-state index in [1.807, 2.05) is 0 Å². The van der Waals surface area contributed by atoms with Gasteiger partial charge in [0.25, 0.3) is 5.69 Å². The van der Waals surface area contributed by atoms with Crippen molar-refractivity contribution in [3.63, 3.8) is 0 Å². The van der Waals surface area contributed by atoms with E-state index in [4.69, 9.17) is 0 Å². The van der Waals surface area contributed by atoms with E-state index < -0.39 is 10.7 Å². The highest BCUT2D eigenvalue weighted by atomic mass is 19.1. The van der Waals surface area contributed by atoms with E-state index in [1.54, 1.807) is 0 Å². The minimum absolute atomic E-state index is 0.203. The zero-order valence-corrected chi connectivity index (χ0v) is 10.9. The van der Waals surface area contributed by atoms with E-state index in [1.165, 1.54) is 12.1 Å². The van der Waals surface area contributed by atoms with Crippen LogP contribution in [-0.4, -0.2) is 36.0 Å². The van der Waals surface area contributed by atoms with E-state index in [-0.39, 0.29) is 5.69 Å². The molecule has 1 fully saturated rings. The van der Waals surface area contributed by atoms with Crippen LogP contribution < -0.4 is 5.32 Å². The van der Waals surface area contributed by atoms with Crippen LogP contribution in [0.3, 0.4) is 0 Å². The van der Waals surface area contributed by atoms with Crippen molar-refractivity contribution in [2.75, 3.05) is 31.5 Å². The van der Waals surface area contributed by atoms with Crippen LogP contribution in [-0.2, 0) is 0 Å². The van der Waals surface area contributed by atoms with Crippen molar-refractivity contribution in [3.05, 3.63) is 34.1 Å². The summed E-state index contributed by atoms with van der Waals surface area (Å²) in [7, 11) is 0. The number of anilines is 1. The maximum atomic E-state index is 13.0. The molecule has 0 radical (unpaired) electrons. The number of nitro groups is 1. The minimum Gasteiger partial charge on any atom is -0.379 e. The Balaban J connectivity index is 1.98. The van der Waals surface area contributed by atoms with Crippen LogP contribution >= 0.6 is 0 Å². The first-order valence-corrected chi connectivity index (χ1v) is 6.50. The lowest BCUT2D eigenvalue weighted by molar-refractivity contribution is -0.384. The van der Waals surface area contributed by atoms with Crippen molar-refractivity contribution in [2.24, 2.45) is 5.92 Å². The summed E-state index contributed by atoms with van der Waals surface area (Å²) in [5, 5.41) is 13.9. The fraction of sp³-hybridized carbons (Fsp3) is 0.538. The van der Waals surface area contributed by atoms with Crippen molar-refractivity contribution in [1.29, 1.82) is 0 Å². The van der Waals surface area contributed by atoms with Crippen LogP contribution in [0.2, 0.25) is 0 Å². The van der Waals surface area contributed by atoms with Gasteiger partial charge >= 0.3 is 0 Å². The van der Waals surface area contributed by atoms with Gasteiger partial charge in [-0.05, 0) is 37.6 Å².